The van der Waals surface area contributed by atoms with E-state index in [2.05, 4.69) is 17.3 Å². The second-order valence-corrected chi connectivity index (χ2v) is 3.78. The van der Waals surface area contributed by atoms with Gasteiger partial charge in [0.05, 0.1) is 6.61 Å². The van der Waals surface area contributed by atoms with Crippen LogP contribution in [-0.4, -0.2) is 51.3 Å². The third kappa shape index (κ3) is 4.07. The lowest BCUT2D eigenvalue weighted by Gasteiger charge is -2.18. The van der Waals surface area contributed by atoms with Crippen molar-refractivity contribution in [2.24, 2.45) is 0 Å². The number of hydrogen-bond acceptors (Lipinski definition) is 3. The highest BCUT2D eigenvalue weighted by Crippen LogP contribution is 2.17. The average Bonchev–Trinajstić information content (AvgIpc) is 2.52. The van der Waals surface area contributed by atoms with E-state index >= 15 is 0 Å². The number of likely N-dealkylation sites (tertiary alicyclic amines) is 1. The van der Waals surface area contributed by atoms with Gasteiger partial charge in [-0.05, 0) is 39.9 Å². The molecule has 0 radical (unpaired) electrons. The van der Waals surface area contributed by atoms with Crippen molar-refractivity contribution in [3.8, 4) is 0 Å². The van der Waals surface area contributed by atoms with Crippen molar-refractivity contribution in [2.75, 3.05) is 40.4 Å². The van der Waals surface area contributed by atoms with Gasteiger partial charge in [-0.3, -0.25) is 0 Å². The van der Waals surface area contributed by atoms with Gasteiger partial charge in [0, 0.05) is 19.2 Å². The molecule has 13 heavy (non-hydrogen) atoms. The SMILES string of the molecule is CNCCOCCC1CCCN1C. The molecule has 1 aliphatic heterocycles. The Morgan fingerprint density at radius 1 is 1.46 bits per heavy atom. The van der Waals surface area contributed by atoms with Crippen LogP contribution in [0.5, 0.6) is 0 Å². The summed E-state index contributed by atoms with van der Waals surface area (Å²) in [7, 11) is 4.17. The van der Waals surface area contributed by atoms with E-state index in [9.17, 15) is 0 Å². The topological polar surface area (TPSA) is 24.5 Å². The summed E-state index contributed by atoms with van der Waals surface area (Å²) < 4.78 is 5.50. The van der Waals surface area contributed by atoms with Gasteiger partial charge in [-0.2, -0.15) is 0 Å². The highest BCUT2D eigenvalue weighted by Gasteiger charge is 2.19. The first kappa shape index (κ1) is 11.0. The van der Waals surface area contributed by atoms with Crippen LogP contribution in [0.3, 0.4) is 0 Å². The Morgan fingerprint density at radius 2 is 2.31 bits per heavy atom. The van der Waals surface area contributed by atoms with Gasteiger partial charge in [0.25, 0.3) is 0 Å². The minimum absolute atomic E-state index is 0.773. The number of hydrogen-bond donors (Lipinski definition) is 1. The van der Waals surface area contributed by atoms with Crippen LogP contribution in [0.25, 0.3) is 0 Å². The second kappa shape index (κ2) is 6.35. The number of nitrogens with one attached hydrogen (secondary N) is 1. The van der Waals surface area contributed by atoms with Crippen molar-refractivity contribution in [2.45, 2.75) is 25.3 Å². The number of rotatable bonds is 6. The highest BCUT2D eigenvalue weighted by atomic mass is 16.5. The smallest absolute Gasteiger partial charge is 0.0590 e. The normalized spacial score (nSPS) is 24.0. The predicted molar refractivity (Wildman–Crippen MR) is 55.0 cm³/mol. The van der Waals surface area contributed by atoms with E-state index in [0.717, 1.165) is 25.8 Å². The molecule has 1 aliphatic rings. The Kier molecular flexibility index (Phi) is 5.35. The summed E-state index contributed by atoms with van der Waals surface area (Å²) in [5, 5.41) is 3.07. The molecule has 1 unspecified atom stereocenters. The summed E-state index contributed by atoms with van der Waals surface area (Å²) in [4.78, 5) is 2.45. The summed E-state index contributed by atoms with van der Waals surface area (Å²) in [6.07, 6.45) is 3.91. The van der Waals surface area contributed by atoms with E-state index in [4.69, 9.17) is 4.74 Å². The molecule has 0 aromatic rings. The molecule has 78 valence electrons. The van der Waals surface area contributed by atoms with E-state index in [-0.39, 0.29) is 0 Å². The predicted octanol–water partition coefficient (Wildman–Crippen LogP) is 0.707. The molecule has 1 saturated heterocycles. The minimum Gasteiger partial charge on any atom is -0.380 e. The molecule has 1 fully saturated rings. The summed E-state index contributed by atoms with van der Waals surface area (Å²) in [5.41, 5.74) is 0. The Morgan fingerprint density at radius 3 is 2.92 bits per heavy atom. The van der Waals surface area contributed by atoms with Crippen molar-refractivity contribution < 1.29 is 4.74 Å². The van der Waals surface area contributed by atoms with Gasteiger partial charge in [0.15, 0.2) is 0 Å². The lowest BCUT2D eigenvalue weighted by atomic mass is 10.1. The van der Waals surface area contributed by atoms with E-state index in [1.165, 1.54) is 25.8 Å². The van der Waals surface area contributed by atoms with Gasteiger partial charge in [0.2, 0.25) is 0 Å². The van der Waals surface area contributed by atoms with Gasteiger partial charge >= 0.3 is 0 Å². The molecule has 0 aromatic heterocycles. The molecule has 1 heterocycles. The first-order valence-electron chi connectivity index (χ1n) is 5.27. The molecular weight excluding hydrogens is 164 g/mol. The zero-order valence-electron chi connectivity index (χ0n) is 8.88. The standard InChI is InChI=1S/C10H22N2O/c1-11-6-9-13-8-5-10-4-3-7-12(10)2/h10-11H,3-9H2,1-2H3. The zero-order chi connectivity index (χ0) is 9.52. The van der Waals surface area contributed by atoms with Crippen LogP contribution in [-0.2, 0) is 4.74 Å². The van der Waals surface area contributed by atoms with E-state index in [1.54, 1.807) is 0 Å². The highest BCUT2D eigenvalue weighted by molar-refractivity contribution is 4.75. The van der Waals surface area contributed by atoms with E-state index in [1.807, 2.05) is 7.05 Å². The molecule has 1 atom stereocenters. The van der Waals surface area contributed by atoms with Crippen LogP contribution in [0, 0.1) is 0 Å². The molecule has 0 amide bonds. The van der Waals surface area contributed by atoms with Crippen molar-refractivity contribution in [3.63, 3.8) is 0 Å². The summed E-state index contributed by atoms with van der Waals surface area (Å²) in [6.45, 7) is 3.98. The van der Waals surface area contributed by atoms with Crippen molar-refractivity contribution in [3.05, 3.63) is 0 Å². The van der Waals surface area contributed by atoms with Crippen LogP contribution in [0.15, 0.2) is 0 Å². The van der Waals surface area contributed by atoms with Crippen LogP contribution >= 0.6 is 0 Å². The maximum absolute atomic E-state index is 5.50. The third-order valence-corrected chi connectivity index (χ3v) is 2.76. The third-order valence-electron chi connectivity index (χ3n) is 2.76. The fourth-order valence-corrected chi connectivity index (χ4v) is 1.84. The van der Waals surface area contributed by atoms with E-state index < -0.39 is 0 Å². The number of likely N-dealkylation sites (N-methyl/N-ethyl adjacent to an activating group) is 1. The Balaban J connectivity index is 1.93. The fourth-order valence-electron chi connectivity index (χ4n) is 1.84. The summed E-state index contributed by atoms with van der Waals surface area (Å²) >= 11 is 0. The minimum atomic E-state index is 0.773. The molecule has 0 bridgehead atoms. The quantitative estimate of drug-likeness (QED) is 0.618. The zero-order valence-corrected chi connectivity index (χ0v) is 8.88. The second-order valence-electron chi connectivity index (χ2n) is 3.78. The number of ether oxygens (including phenoxy) is 1. The van der Waals surface area contributed by atoms with Crippen molar-refractivity contribution >= 4 is 0 Å². The number of nitrogens with zero attached hydrogens (tertiary/aromatic N) is 1. The van der Waals surface area contributed by atoms with Crippen LogP contribution < -0.4 is 5.32 Å². The Bertz CT molecular complexity index is 130. The van der Waals surface area contributed by atoms with Gasteiger partial charge < -0.3 is 15.0 Å². The molecule has 0 aromatic carbocycles. The Hall–Kier alpha value is -0.120. The maximum atomic E-state index is 5.50. The molecular formula is C10H22N2O. The maximum Gasteiger partial charge on any atom is 0.0590 e. The molecule has 0 aliphatic carbocycles. The molecule has 1 N–H and O–H groups in total. The van der Waals surface area contributed by atoms with Crippen LogP contribution in [0.2, 0.25) is 0 Å². The first-order chi connectivity index (χ1) is 6.34. The van der Waals surface area contributed by atoms with Gasteiger partial charge in [-0.25, -0.2) is 0 Å². The van der Waals surface area contributed by atoms with Gasteiger partial charge in [0.1, 0.15) is 0 Å². The molecule has 0 spiro atoms. The van der Waals surface area contributed by atoms with Gasteiger partial charge in [-0.15, -0.1) is 0 Å². The average molecular weight is 186 g/mol. The van der Waals surface area contributed by atoms with Gasteiger partial charge in [-0.1, -0.05) is 0 Å². The molecule has 3 nitrogen and oxygen atoms in total. The lowest BCUT2D eigenvalue weighted by Crippen LogP contribution is -2.26. The molecule has 3 heteroatoms. The Labute approximate surface area is 81.4 Å². The largest absolute Gasteiger partial charge is 0.380 e. The van der Waals surface area contributed by atoms with E-state index in [0.29, 0.717) is 0 Å². The summed E-state index contributed by atoms with van der Waals surface area (Å²) in [5.74, 6) is 0. The molecule has 0 saturated carbocycles. The molecule has 1 rings (SSSR count). The fraction of sp³-hybridized carbons (Fsp3) is 1.00. The monoisotopic (exact) mass is 186 g/mol. The summed E-state index contributed by atoms with van der Waals surface area (Å²) in [6, 6.07) is 0.773. The first-order valence-corrected chi connectivity index (χ1v) is 5.27. The van der Waals surface area contributed by atoms with Crippen LogP contribution in [0.4, 0.5) is 0 Å². The van der Waals surface area contributed by atoms with Crippen molar-refractivity contribution in [1.29, 1.82) is 0 Å². The lowest BCUT2D eigenvalue weighted by molar-refractivity contribution is 0.116. The van der Waals surface area contributed by atoms with Crippen LogP contribution in [0.1, 0.15) is 19.3 Å². The van der Waals surface area contributed by atoms with Crippen molar-refractivity contribution in [1.82, 2.24) is 10.2 Å².